The number of ether oxygens (including phenoxy) is 2. The van der Waals surface area contributed by atoms with E-state index in [-0.39, 0.29) is 0 Å². The highest BCUT2D eigenvalue weighted by Crippen LogP contribution is 2.28. The first-order chi connectivity index (χ1) is 6.79. The molecule has 0 unspecified atom stereocenters. The number of aliphatic hydroxyl groups is 1. The molecule has 2 aliphatic rings. The van der Waals surface area contributed by atoms with Crippen LogP contribution in [-0.4, -0.2) is 37.1 Å². The quantitative estimate of drug-likeness (QED) is 0.676. The summed E-state index contributed by atoms with van der Waals surface area (Å²) in [6.07, 6.45) is 7.34. The number of hydrogen-bond donors (Lipinski definition) is 1. The van der Waals surface area contributed by atoms with Gasteiger partial charge in [0.15, 0.2) is 0 Å². The van der Waals surface area contributed by atoms with Gasteiger partial charge in [-0.15, -0.1) is 0 Å². The van der Waals surface area contributed by atoms with Gasteiger partial charge in [-0.1, -0.05) is 12.2 Å². The van der Waals surface area contributed by atoms with E-state index in [4.69, 9.17) is 9.47 Å². The van der Waals surface area contributed by atoms with Gasteiger partial charge in [0.05, 0.1) is 26.4 Å². The van der Waals surface area contributed by atoms with E-state index in [0.717, 1.165) is 19.3 Å². The molecule has 0 atom stereocenters. The monoisotopic (exact) mass is 198 g/mol. The molecule has 80 valence electrons. The van der Waals surface area contributed by atoms with Gasteiger partial charge in [-0.05, 0) is 25.2 Å². The lowest BCUT2D eigenvalue weighted by Crippen LogP contribution is -2.39. The molecule has 0 amide bonds. The van der Waals surface area contributed by atoms with Crippen LogP contribution in [0.25, 0.3) is 0 Å². The average Bonchev–Trinajstić information content (AvgIpc) is 2.55. The lowest BCUT2D eigenvalue weighted by molar-refractivity contribution is -0.0691. The molecule has 1 heterocycles. The van der Waals surface area contributed by atoms with Gasteiger partial charge in [-0.25, -0.2) is 0 Å². The van der Waals surface area contributed by atoms with Crippen molar-refractivity contribution in [2.45, 2.75) is 24.9 Å². The van der Waals surface area contributed by atoms with Crippen molar-refractivity contribution in [3.8, 4) is 0 Å². The standard InChI is InChI=1S/C11H18O3/c12-11(7-10-3-1-2-4-10)8-13-5-6-14-9-11/h1-2,10,12H,3-9H2. The van der Waals surface area contributed by atoms with Gasteiger partial charge >= 0.3 is 0 Å². The molecule has 1 saturated heterocycles. The van der Waals surface area contributed by atoms with Crippen molar-refractivity contribution >= 4 is 0 Å². The zero-order valence-corrected chi connectivity index (χ0v) is 8.45. The predicted molar refractivity (Wildman–Crippen MR) is 53.1 cm³/mol. The summed E-state index contributed by atoms with van der Waals surface area (Å²) in [5, 5.41) is 10.2. The fourth-order valence-corrected chi connectivity index (χ4v) is 2.18. The summed E-state index contributed by atoms with van der Waals surface area (Å²) < 4.78 is 10.6. The van der Waals surface area contributed by atoms with Crippen LogP contribution in [0.3, 0.4) is 0 Å². The molecular formula is C11H18O3. The van der Waals surface area contributed by atoms with Gasteiger partial charge < -0.3 is 14.6 Å². The Hall–Kier alpha value is -0.380. The smallest absolute Gasteiger partial charge is 0.111 e. The van der Waals surface area contributed by atoms with Crippen molar-refractivity contribution in [1.29, 1.82) is 0 Å². The van der Waals surface area contributed by atoms with Crippen molar-refractivity contribution in [3.63, 3.8) is 0 Å². The van der Waals surface area contributed by atoms with E-state index >= 15 is 0 Å². The molecule has 0 aromatic carbocycles. The van der Waals surface area contributed by atoms with Gasteiger partial charge in [-0.3, -0.25) is 0 Å². The predicted octanol–water partition coefficient (Wildman–Crippen LogP) is 1.12. The van der Waals surface area contributed by atoms with Crippen LogP contribution in [0.4, 0.5) is 0 Å². The van der Waals surface area contributed by atoms with E-state index in [1.165, 1.54) is 0 Å². The molecule has 3 heteroatoms. The average molecular weight is 198 g/mol. The summed E-state index contributed by atoms with van der Waals surface area (Å²) in [6, 6.07) is 0. The minimum absolute atomic E-state index is 0.420. The first-order valence-corrected chi connectivity index (χ1v) is 5.31. The van der Waals surface area contributed by atoms with Crippen LogP contribution >= 0.6 is 0 Å². The Morgan fingerprint density at radius 3 is 2.29 bits per heavy atom. The van der Waals surface area contributed by atoms with E-state index in [1.807, 2.05) is 0 Å². The normalized spacial score (nSPS) is 27.8. The van der Waals surface area contributed by atoms with Gasteiger partial charge in [0.25, 0.3) is 0 Å². The molecule has 1 aliphatic heterocycles. The van der Waals surface area contributed by atoms with Crippen LogP contribution in [0.2, 0.25) is 0 Å². The molecule has 0 aromatic heterocycles. The van der Waals surface area contributed by atoms with E-state index in [1.54, 1.807) is 0 Å². The van der Waals surface area contributed by atoms with Crippen molar-refractivity contribution in [1.82, 2.24) is 0 Å². The van der Waals surface area contributed by atoms with Crippen LogP contribution in [-0.2, 0) is 9.47 Å². The summed E-state index contributed by atoms with van der Waals surface area (Å²) in [5.74, 6) is 0.574. The van der Waals surface area contributed by atoms with Crippen LogP contribution in [0.5, 0.6) is 0 Å². The van der Waals surface area contributed by atoms with Crippen LogP contribution in [0, 0.1) is 5.92 Å². The zero-order chi connectivity index (χ0) is 9.86. The summed E-state index contributed by atoms with van der Waals surface area (Å²) in [6.45, 7) is 2.05. The first kappa shape index (κ1) is 10.1. The van der Waals surface area contributed by atoms with Crippen LogP contribution in [0.1, 0.15) is 19.3 Å². The molecule has 1 aliphatic carbocycles. The minimum Gasteiger partial charge on any atom is -0.385 e. The van der Waals surface area contributed by atoms with Crippen molar-refractivity contribution in [2.24, 2.45) is 5.92 Å². The number of rotatable bonds is 2. The molecular weight excluding hydrogens is 180 g/mol. The summed E-state index contributed by atoms with van der Waals surface area (Å²) in [7, 11) is 0. The second kappa shape index (κ2) is 4.43. The summed E-state index contributed by atoms with van der Waals surface area (Å²) >= 11 is 0. The van der Waals surface area contributed by atoms with Gasteiger partial charge in [0.2, 0.25) is 0 Å². The highest BCUT2D eigenvalue weighted by Gasteiger charge is 2.32. The number of allylic oxidation sites excluding steroid dienone is 2. The van der Waals surface area contributed by atoms with Crippen LogP contribution < -0.4 is 0 Å². The number of hydrogen-bond acceptors (Lipinski definition) is 3. The summed E-state index contributed by atoms with van der Waals surface area (Å²) in [5.41, 5.74) is -0.757. The highest BCUT2D eigenvalue weighted by molar-refractivity contribution is 4.97. The zero-order valence-electron chi connectivity index (χ0n) is 8.45. The molecule has 1 N–H and O–H groups in total. The van der Waals surface area contributed by atoms with Crippen molar-refractivity contribution < 1.29 is 14.6 Å². The Morgan fingerprint density at radius 2 is 1.71 bits per heavy atom. The molecule has 1 fully saturated rings. The topological polar surface area (TPSA) is 38.7 Å². The van der Waals surface area contributed by atoms with E-state index < -0.39 is 5.60 Å². The van der Waals surface area contributed by atoms with E-state index in [9.17, 15) is 5.11 Å². The maximum Gasteiger partial charge on any atom is 0.111 e. The second-order valence-electron chi connectivity index (χ2n) is 4.34. The maximum absolute atomic E-state index is 10.2. The molecule has 0 spiro atoms. The first-order valence-electron chi connectivity index (χ1n) is 5.31. The molecule has 0 radical (unpaired) electrons. The Balaban J connectivity index is 1.86. The Labute approximate surface area is 84.7 Å². The van der Waals surface area contributed by atoms with E-state index in [2.05, 4.69) is 12.2 Å². The van der Waals surface area contributed by atoms with Gasteiger partial charge in [-0.2, -0.15) is 0 Å². The maximum atomic E-state index is 10.2. The molecule has 3 nitrogen and oxygen atoms in total. The molecule has 0 saturated carbocycles. The SMILES string of the molecule is OC1(CC2CC=CC2)COCCOC1. The lowest BCUT2D eigenvalue weighted by atomic mass is 9.90. The Morgan fingerprint density at radius 1 is 1.14 bits per heavy atom. The molecule has 2 rings (SSSR count). The summed E-state index contributed by atoms with van der Waals surface area (Å²) in [4.78, 5) is 0. The third-order valence-electron chi connectivity index (χ3n) is 2.89. The Kier molecular flexibility index (Phi) is 3.21. The van der Waals surface area contributed by atoms with Crippen molar-refractivity contribution in [3.05, 3.63) is 12.2 Å². The lowest BCUT2D eigenvalue weighted by Gasteiger charge is -2.28. The highest BCUT2D eigenvalue weighted by atomic mass is 16.6. The van der Waals surface area contributed by atoms with Gasteiger partial charge in [0, 0.05) is 0 Å². The van der Waals surface area contributed by atoms with E-state index in [0.29, 0.717) is 32.3 Å². The van der Waals surface area contributed by atoms with Crippen molar-refractivity contribution in [2.75, 3.05) is 26.4 Å². The fourth-order valence-electron chi connectivity index (χ4n) is 2.18. The minimum atomic E-state index is -0.757. The third kappa shape index (κ3) is 2.56. The molecule has 0 aromatic rings. The molecule has 0 bridgehead atoms. The third-order valence-corrected chi connectivity index (χ3v) is 2.89. The van der Waals surface area contributed by atoms with Gasteiger partial charge in [0.1, 0.15) is 5.60 Å². The largest absolute Gasteiger partial charge is 0.385 e. The second-order valence-corrected chi connectivity index (χ2v) is 4.34. The molecule has 14 heavy (non-hydrogen) atoms. The Bertz CT molecular complexity index is 197. The van der Waals surface area contributed by atoms with Crippen LogP contribution in [0.15, 0.2) is 12.2 Å². The fraction of sp³-hybridized carbons (Fsp3) is 0.818.